The molecule has 0 bridgehead atoms. The molecule has 1 heterocycles. The Balaban J connectivity index is 2.41. The van der Waals surface area contributed by atoms with Gasteiger partial charge in [0.05, 0.1) is 10.8 Å². The van der Waals surface area contributed by atoms with Crippen LogP contribution in [0.25, 0.3) is 25.1 Å². The maximum absolute atomic E-state index is 14.5. The van der Waals surface area contributed by atoms with Gasteiger partial charge in [0.1, 0.15) is 5.82 Å². The van der Waals surface area contributed by atoms with Crippen molar-refractivity contribution in [3.05, 3.63) is 76.6 Å². The van der Waals surface area contributed by atoms with Gasteiger partial charge >= 0.3 is 0 Å². The van der Waals surface area contributed by atoms with Crippen LogP contribution in [0.5, 0.6) is 0 Å². The minimum atomic E-state index is -2.32. The van der Waals surface area contributed by atoms with Gasteiger partial charge in [-0.05, 0) is 12.1 Å². The van der Waals surface area contributed by atoms with E-state index in [1.165, 1.54) is 0 Å². The normalized spacial score (nSPS) is 11.8. The molecule has 0 saturated heterocycles. The summed E-state index contributed by atoms with van der Waals surface area (Å²) in [6.45, 7) is 0. The van der Waals surface area contributed by atoms with E-state index in [1.54, 1.807) is 0 Å². The van der Waals surface area contributed by atoms with E-state index >= 15 is 0 Å². The third-order valence-corrected chi connectivity index (χ3v) is 6.48. The third-order valence-electron chi connectivity index (χ3n) is 4.16. The number of halogens is 9. The molecule has 0 atom stereocenters. The second-order valence-electron chi connectivity index (χ2n) is 5.68. The summed E-state index contributed by atoms with van der Waals surface area (Å²) in [6, 6.07) is 3.60. The predicted octanol–water partition coefficient (Wildman–Crippen LogP) is 6.98. The summed E-state index contributed by atoms with van der Waals surface area (Å²) >= 11 is 0. The Morgan fingerprint density at radius 3 is 1.18 bits per heavy atom. The average Bonchev–Trinajstić information content (AvgIpc) is 3.04. The van der Waals surface area contributed by atoms with Crippen molar-refractivity contribution in [3.8, 4) is 4.90 Å². The molecule has 0 spiro atoms. The molecule has 0 fully saturated rings. The molecule has 0 unspecified atom stereocenters. The topological polar surface area (TPSA) is 0 Å². The zero-order valence-electron chi connectivity index (χ0n) is 13.1. The van der Waals surface area contributed by atoms with E-state index in [0.717, 1.165) is 24.3 Å². The van der Waals surface area contributed by atoms with Gasteiger partial charge in [-0.1, -0.05) is 0 Å². The molecule has 4 aromatic rings. The fourth-order valence-corrected chi connectivity index (χ4v) is 5.37. The van der Waals surface area contributed by atoms with Crippen LogP contribution in [0.4, 0.5) is 39.5 Å². The fraction of sp³-hybridized carbons (Fsp3) is 0. The summed E-state index contributed by atoms with van der Waals surface area (Å²) in [5.41, 5.74) is 0. The summed E-state index contributed by atoms with van der Waals surface area (Å²) in [5.74, 6) is -18.1. The maximum atomic E-state index is 14.5. The Bertz CT molecular complexity index is 1210. The van der Waals surface area contributed by atoms with Gasteiger partial charge < -0.3 is 0 Å². The Labute approximate surface area is 152 Å². The Kier molecular flexibility index (Phi) is 4.07. The third kappa shape index (κ3) is 2.27. The number of fused-ring (bicyclic) bond motifs is 3. The van der Waals surface area contributed by atoms with Gasteiger partial charge in [-0.3, -0.25) is 0 Å². The summed E-state index contributed by atoms with van der Waals surface area (Å²) in [6.07, 6.45) is 0. The molecule has 4 rings (SSSR count). The van der Waals surface area contributed by atoms with E-state index in [1.807, 2.05) is 0 Å². The Hall–Kier alpha value is -2.75. The SMILES string of the molecule is Fc1ccc(-[s+]2c3c(F)c(F)c(F)c(F)c3c3c(F)c(F)c(F)c(F)c32)cc1. The van der Waals surface area contributed by atoms with Crippen LogP contribution < -0.4 is 0 Å². The molecule has 0 nitrogen and oxygen atoms in total. The number of hydrogen-bond acceptors (Lipinski definition) is 0. The number of hydrogen-bond donors (Lipinski definition) is 0. The van der Waals surface area contributed by atoms with Crippen molar-refractivity contribution < 1.29 is 39.5 Å². The van der Waals surface area contributed by atoms with Gasteiger partial charge in [0, 0.05) is 22.6 Å². The lowest BCUT2D eigenvalue weighted by atomic mass is 10.1. The molecule has 0 aliphatic rings. The van der Waals surface area contributed by atoms with Gasteiger partial charge in [-0.15, -0.1) is 0 Å². The van der Waals surface area contributed by atoms with Crippen LogP contribution in [0.15, 0.2) is 24.3 Å². The molecule has 28 heavy (non-hydrogen) atoms. The lowest BCUT2D eigenvalue weighted by Gasteiger charge is -1.99. The van der Waals surface area contributed by atoms with Crippen molar-refractivity contribution in [1.29, 1.82) is 0 Å². The van der Waals surface area contributed by atoms with Crippen LogP contribution in [0.2, 0.25) is 0 Å². The zero-order valence-corrected chi connectivity index (χ0v) is 13.9. The first-order valence-electron chi connectivity index (χ1n) is 7.38. The second kappa shape index (κ2) is 6.13. The molecular weight excluding hydrogens is 419 g/mol. The van der Waals surface area contributed by atoms with Crippen LogP contribution >= 0.6 is 10.5 Å². The molecule has 0 radical (unpaired) electrons. The van der Waals surface area contributed by atoms with Crippen LogP contribution in [0.1, 0.15) is 0 Å². The van der Waals surface area contributed by atoms with E-state index in [9.17, 15) is 39.5 Å². The van der Waals surface area contributed by atoms with E-state index < -0.39 is 83.0 Å². The van der Waals surface area contributed by atoms with Crippen molar-refractivity contribution in [1.82, 2.24) is 0 Å². The summed E-state index contributed by atoms with van der Waals surface area (Å²) in [7, 11) is -2.24. The highest BCUT2D eigenvalue weighted by molar-refractivity contribution is 7.50. The van der Waals surface area contributed by atoms with Crippen molar-refractivity contribution >= 4 is 30.6 Å². The maximum Gasteiger partial charge on any atom is 0.229 e. The highest BCUT2D eigenvalue weighted by Crippen LogP contribution is 2.53. The Morgan fingerprint density at radius 2 is 0.786 bits per heavy atom. The minimum Gasteiger partial charge on any atom is -0.207 e. The van der Waals surface area contributed by atoms with Crippen molar-refractivity contribution in [2.45, 2.75) is 0 Å². The highest BCUT2D eigenvalue weighted by atomic mass is 32.2. The van der Waals surface area contributed by atoms with E-state index in [-0.39, 0.29) is 4.90 Å². The zero-order chi connectivity index (χ0) is 20.5. The molecule has 1 aromatic heterocycles. The molecule has 144 valence electrons. The largest absolute Gasteiger partial charge is 0.229 e. The van der Waals surface area contributed by atoms with Crippen LogP contribution in [-0.2, 0) is 0 Å². The highest BCUT2D eigenvalue weighted by Gasteiger charge is 2.40. The standard InChI is InChI=1S/C18H4F9S/c19-5-1-3-6(4-2-5)28-17-7(9(20)11(22)13(24)15(17)26)8-10(21)12(23)14(25)16(27)18(8)28/h1-4H/q+1. The number of benzene rings is 3. The van der Waals surface area contributed by atoms with E-state index in [4.69, 9.17) is 0 Å². The second-order valence-corrected chi connectivity index (χ2v) is 7.58. The first kappa shape index (κ1) is 18.6. The van der Waals surface area contributed by atoms with Gasteiger partial charge in [-0.25, -0.2) is 30.7 Å². The lowest BCUT2D eigenvalue weighted by Crippen LogP contribution is -1.98. The molecule has 0 saturated carbocycles. The molecule has 0 N–H and O–H groups in total. The molecule has 0 amide bonds. The number of thiophene rings is 1. The predicted molar refractivity (Wildman–Crippen MR) is 84.9 cm³/mol. The van der Waals surface area contributed by atoms with Crippen molar-refractivity contribution in [2.24, 2.45) is 0 Å². The van der Waals surface area contributed by atoms with Gasteiger partial charge in [-0.2, -0.15) is 8.78 Å². The Morgan fingerprint density at radius 1 is 0.429 bits per heavy atom. The van der Waals surface area contributed by atoms with E-state index in [0.29, 0.717) is 0 Å². The fourth-order valence-electron chi connectivity index (χ4n) is 2.96. The quantitative estimate of drug-likeness (QED) is 0.134. The first-order chi connectivity index (χ1) is 13.2. The molecular formula is C18H4F9S+. The smallest absolute Gasteiger partial charge is 0.207 e. The van der Waals surface area contributed by atoms with Gasteiger partial charge in [0.25, 0.3) is 0 Å². The van der Waals surface area contributed by atoms with Crippen molar-refractivity contribution in [2.75, 3.05) is 0 Å². The molecule has 3 aromatic carbocycles. The summed E-state index contributed by atoms with van der Waals surface area (Å²) < 4.78 is 124. The average molecular weight is 423 g/mol. The van der Waals surface area contributed by atoms with Gasteiger partial charge in [0.2, 0.25) is 32.7 Å². The molecule has 0 aliphatic heterocycles. The monoisotopic (exact) mass is 423 g/mol. The van der Waals surface area contributed by atoms with E-state index in [2.05, 4.69) is 0 Å². The summed E-state index contributed by atoms with van der Waals surface area (Å²) in [4.78, 5) is -0.185. The summed E-state index contributed by atoms with van der Waals surface area (Å²) in [5, 5.41) is -2.51. The lowest BCUT2D eigenvalue weighted by molar-refractivity contribution is 0.416. The molecule has 10 heteroatoms. The van der Waals surface area contributed by atoms with Gasteiger partial charge in [0.15, 0.2) is 28.2 Å². The minimum absolute atomic E-state index is 0.185. The number of rotatable bonds is 1. The van der Waals surface area contributed by atoms with Crippen LogP contribution in [0, 0.1) is 52.4 Å². The first-order valence-corrected chi connectivity index (χ1v) is 8.61. The van der Waals surface area contributed by atoms with Crippen molar-refractivity contribution in [3.63, 3.8) is 0 Å². The molecule has 0 aliphatic carbocycles. The van der Waals surface area contributed by atoms with Crippen LogP contribution in [-0.4, -0.2) is 0 Å². The van der Waals surface area contributed by atoms with Crippen LogP contribution in [0.3, 0.4) is 0 Å².